The number of halogens is 1. The Kier molecular flexibility index (Phi) is 4.62. The lowest BCUT2D eigenvalue weighted by molar-refractivity contribution is 1.14. The highest BCUT2D eigenvalue weighted by Gasteiger charge is 2.14. The van der Waals surface area contributed by atoms with E-state index in [4.69, 9.17) is 11.6 Å². The molecule has 0 bridgehead atoms. The van der Waals surface area contributed by atoms with Gasteiger partial charge in [0.15, 0.2) is 0 Å². The highest BCUT2D eigenvalue weighted by atomic mass is 35.5. The van der Waals surface area contributed by atoms with Gasteiger partial charge in [0.25, 0.3) is 0 Å². The minimum atomic E-state index is 0.698. The molecule has 0 amide bonds. The number of nitrogens with one attached hydrogen (secondary N) is 1. The number of rotatable bonds is 4. The van der Waals surface area contributed by atoms with E-state index < -0.39 is 0 Å². The average molecular weight is 380 g/mol. The number of hydrogen-bond donors (Lipinski definition) is 1. The summed E-state index contributed by atoms with van der Waals surface area (Å²) in [6, 6.07) is 14.5. The Morgan fingerprint density at radius 1 is 1.08 bits per heavy atom. The number of aromatic nitrogens is 2. The number of anilines is 2. The zero-order valence-corrected chi connectivity index (χ0v) is 16.2. The Balaban J connectivity index is 1.82. The monoisotopic (exact) mass is 379 g/mol. The highest BCUT2D eigenvalue weighted by molar-refractivity contribution is 7.17. The maximum atomic E-state index is 6.17. The summed E-state index contributed by atoms with van der Waals surface area (Å²) in [5.41, 5.74) is 5.73. The Labute approximate surface area is 161 Å². The molecule has 0 aliphatic carbocycles. The fraction of sp³-hybridized carbons (Fsp3) is 0.143. The normalized spacial score (nSPS) is 11.0. The molecular formula is C21H18ClN3S. The Bertz CT molecular complexity index is 1070. The van der Waals surface area contributed by atoms with Crippen LogP contribution in [-0.4, -0.2) is 9.97 Å². The van der Waals surface area contributed by atoms with Crippen molar-refractivity contribution in [3.63, 3.8) is 0 Å². The van der Waals surface area contributed by atoms with Gasteiger partial charge in [-0.2, -0.15) is 0 Å². The van der Waals surface area contributed by atoms with Gasteiger partial charge in [0.1, 0.15) is 17.0 Å². The molecule has 4 aromatic rings. The van der Waals surface area contributed by atoms with Gasteiger partial charge in [0, 0.05) is 21.7 Å². The molecule has 2 aromatic carbocycles. The summed E-state index contributed by atoms with van der Waals surface area (Å²) in [4.78, 5) is 9.92. The maximum absolute atomic E-state index is 6.17. The van der Waals surface area contributed by atoms with Gasteiger partial charge in [-0.05, 0) is 42.2 Å². The Morgan fingerprint density at radius 2 is 1.88 bits per heavy atom. The summed E-state index contributed by atoms with van der Waals surface area (Å²) in [5.74, 6) is 0.802. The molecule has 2 aromatic heterocycles. The minimum absolute atomic E-state index is 0.698. The zero-order valence-electron chi connectivity index (χ0n) is 14.6. The van der Waals surface area contributed by atoms with Gasteiger partial charge in [-0.15, -0.1) is 11.3 Å². The van der Waals surface area contributed by atoms with E-state index in [1.165, 1.54) is 11.1 Å². The van der Waals surface area contributed by atoms with Crippen LogP contribution in [0.1, 0.15) is 18.1 Å². The second-order valence-electron chi connectivity index (χ2n) is 6.19. The quantitative estimate of drug-likeness (QED) is 0.432. The van der Waals surface area contributed by atoms with Crippen molar-refractivity contribution in [3.8, 4) is 11.1 Å². The third-order valence-electron chi connectivity index (χ3n) is 4.50. The molecule has 1 N–H and O–H groups in total. The van der Waals surface area contributed by atoms with Crippen molar-refractivity contribution >= 4 is 44.7 Å². The number of fused-ring (bicyclic) bond motifs is 1. The fourth-order valence-corrected chi connectivity index (χ4v) is 4.05. The van der Waals surface area contributed by atoms with Gasteiger partial charge in [-0.25, -0.2) is 9.97 Å². The van der Waals surface area contributed by atoms with E-state index in [-0.39, 0.29) is 0 Å². The first-order chi connectivity index (χ1) is 12.7. The van der Waals surface area contributed by atoms with Gasteiger partial charge in [0.05, 0.1) is 5.39 Å². The SMILES string of the molecule is CCc1ccc(-c2csc3ncnc(Nc4cc(Cl)ccc4C)c23)cc1. The molecule has 0 saturated heterocycles. The summed E-state index contributed by atoms with van der Waals surface area (Å²) in [5, 5.41) is 7.34. The van der Waals surface area contributed by atoms with Crippen LogP contribution in [0.5, 0.6) is 0 Å². The van der Waals surface area contributed by atoms with Crippen LogP contribution in [0, 0.1) is 6.92 Å². The lowest BCUT2D eigenvalue weighted by atomic mass is 10.0. The van der Waals surface area contributed by atoms with Gasteiger partial charge < -0.3 is 5.32 Å². The highest BCUT2D eigenvalue weighted by Crippen LogP contribution is 2.38. The molecule has 26 heavy (non-hydrogen) atoms. The molecule has 0 aliphatic heterocycles. The Hall–Kier alpha value is -2.43. The number of thiophene rings is 1. The van der Waals surface area contributed by atoms with Crippen molar-refractivity contribution in [1.29, 1.82) is 0 Å². The van der Waals surface area contributed by atoms with Crippen LogP contribution in [0.25, 0.3) is 21.3 Å². The number of aryl methyl sites for hydroxylation is 2. The van der Waals surface area contributed by atoms with Gasteiger partial charge >= 0.3 is 0 Å². The van der Waals surface area contributed by atoms with E-state index in [2.05, 4.69) is 58.8 Å². The van der Waals surface area contributed by atoms with E-state index in [0.29, 0.717) is 5.02 Å². The predicted octanol–water partition coefficient (Wildman–Crippen LogP) is 6.63. The van der Waals surface area contributed by atoms with Crippen LogP contribution in [0.2, 0.25) is 5.02 Å². The van der Waals surface area contributed by atoms with Crippen molar-refractivity contribution in [2.45, 2.75) is 20.3 Å². The third kappa shape index (κ3) is 3.18. The summed E-state index contributed by atoms with van der Waals surface area (Å²) >= 11 is 7.80. The lowest BCUT2D eigenvalue weighted by Crippen LogP contribution is -1.97. The van der Waals surface area contributed by atoms with Gasteiger partial charge in [-0.1, -0.05) is 48.9 Å². The van der Waals surface area contributed by atoms with Crippen molar-refractivity contribution < 1.29 is 0 Å². The molecule has 5 heteroatoms. The van der Waals surface area contributed by atoms with E-state index in [0.717, 1.165) is 39.3 Å². The first-order valence-corrected chi connectivity index (χ1v) is 9.76. The molecule has 4 rings (SSSR count). The van der Waals surface area contributed by atoms with Crippen molar-refractivity contribution in [1.82, 2.24) is 9.97 Å². The first kappa shape index (κ1) is 17.0. The second-order valence-corrected chi connectivity index (χ2v) is 7.48. The van der Waals surface area contributed by atoms with Crippen LogP contribution < -0.4 is 5.32 Å². The van der Waals surface area contributed by atoms with Crippen LogP contribution in [0.15, 0.2) is 54.2 Å². The number of benzene rings is 2. The van der Waals surface area contributed by atoms with Crippen LogP contribution in [-0.2, 0) is 6.42 Å². The summed E-state index contributed by atoms with van der Waals surface area (Å²) in [6.07, 6.45) is 2.64. The third-order valence-corrected chi connectivity index (χ3v) is 5.62. The standard InChI is InChI=1S/C21H18ClN3S/c1-3-14-5-7-15(8-6-14)17-11-26-21-19(17)20(23-12-24-21)25-18-10-16(22)9-4-13(18)2/h4-12H,3H2,1-2H3,(H,23,24,25). The Morgan fingerprint density at radius 3 is 2.65 bits per heavy atom. The molecule has 3 nitrogen and oxygen atoms in total. The second kappa shape index (κ2) is 7.06. The molecular weight excluding hydrogens is 362 g/mol. The first-order valence-electron chi connectivity index (χ1n) is 8.50. The molecule has 0 fully saturated rings. The van der Waals surface area contributed by atoms with Crippen molar-refractivity contribution in [2.75, 3.05) is 5.32 Å². The molecule has 0 saturated carbocycles. The molecule has 2 heterocycles. The number of nitrogens with zero attached hydrogens (tertiary/aromatic N) is 2. The smallest absolute Gasteiger partial charge is 0.143 e. The lowest BCUT2D eigenvalue weighted by Gasteiger charge is -2.11. The van der Waals surface area contributed by atoms with E-state index in [1.807, 2.05) is 18.2 Å². The van der Waals surface area contributed by atoms with E-state index >= 15 is 0 Å². The van der Waals surface area contributed by atoms with E-state index in [1.54, 1.807) is 17.7 Å². The summed E-state index contributed by atoms with van der Waals surface area (Å²) in [6.45, 7) is 4.22. The minimum Gasteiger partial charge on any atom is -0.339 e. The maximum Gasteiger partial charge on any atom is 0.143 e. The van der Waals surface area contributed by atoms with Crippen LogP contribution >= 0.6 is 22.9 Å². The topological polar surface area (TPSA) is 37.8 Å². The molecule has 0 aliphatic rings. The van der Waals surface area contributed by atoms with Gasteiger partial charge in [-0.3, -0.25) is 0 Å². The fourth-order valence-electron chi connectivity index (χ4n) is 2.96. The average Bonchev–Trinajstić information content (AvgIpc) is 3.10. The molecule has 130 valence electrons. The van der Waals surface area contributed by atoms with Gasteiger partial charge in [0.2, 0.25) is 0 Å². The molecule has 0 unspecified atom stereocenters. The molecule has 0 atom stereocenters. The van der Waals surface area contributed by atoms with E-state index in [9.17, 15) is 0 Å². The largest absolute Gasteiger partial charge is 0.339 e. The summed E-state index contributed by atoms with van der Waals surface area (Å²) in [7, 11) is 0. The van der Waals surface area contributed by atoms with Crippen LogP contribution in [0.3, 0.4) is 0 Å². The predicted molar refractivity (Wildman–Crippen MR) is 112 cm³/mol. The molecule has 0 spiro atoms. The summed E-state index contributed by atoms with van der Waals surface area (Å²) < 4.78 is 0. The van der Waals surface area contributed by atoms with Crippen LogP contribution in [0.4, 0.5) is 11.5 Å². The van der Waals surface area contributed by atoms with Crippen molar-refractivity contribution in [3.05, 3.63) is 70.3 Å². The number of hydrogen-bond acceptors (Lipinski definition) is 4. The van der Waals surface area contributed by atoms with Crippen molar-refractivity contribution in [2.24, 2.45) is 0 Å². The zero-order chi connectivity index (χ0) is 18.1. The molecule has 0 radical (unpaired) electrons.